The molecule has 1 aliphatic rings. The molecule has 1 fully saturated rings. The average molecular weight is 234 g/mol. The van der Waals surface area contributed by atoms with Crippen LogP contribution in [0, 0.1) is 6.92 Å². The van der Waals surface area contributed by atoms with Gasteiger partial charge in [0, 0.05) is 31.6 Å². The molecule has 0 aliphatic heterocycles. The molecule has 4 nitrogen and oxygen atoms in total. The molecular formula is C13H22N4. The normalized spacial score (nSPS) is 15.2. The van der Waals surface area contributed by atoms with E-state index in [4.69, 9.17) is 4.98 Å². The van der Waals surface area contributed by atoms with Gasteiger partial charge >= 0.3 is 0 Å². The monoisotopic (exact) mass is 234 g/mol. The van der Waals surface area contributed by atoms with Gasteiger partial charge in [-0.3, -0.25) is 0 Å². The van der Waals surface area contributed by atoms with E-state index in [-0.39, 0.29) is 0 Å². The van der Waals surface area contributed by atoms with Gasteiger partial charge in [-0.15, -0.1) is 0 Å². The molecule has 0 unspecified atom stereocenters. The summed E-state index contributed by atoms with van der Waals surface area (Å²) in [6.07, 6.45) is 2.47. The van der Waals surface area contributed by atoms with Crippen molar-refractivity contribution in [1.29, 1.82) is 0 Å². The van der Waals surface area contributed by atoms with E-state index < -0.39 is 0 Å². The Morgan fingerprint density at radius 3 is 2.41 bits per heavy atom. The first-order chi connectivity index (χ1) is 8.04. The minimum Gasteiger partial charge on any atom is -0.373 e. The molecule has 4 heteroatoms. The van der Waals surface area contributed by atoms with Crippen molar-refractivity contribution < 1.29 is 0 Å². The molecule has 0 atom stereocenters. The molecule has 0 aromatic carbocycles. The van der Waals surface area contributed by atoms with E-state index in [2.05, 4.69) is 43.0 Å². The van der Waals surface area contributed by atoms with Crippen LogP contribution in [0.2, 0.25) is 0 Å². The summed E-state index contributed by atoms with van der Waals surface area (Å²) in [5, 5.41) is 3.17. The van der Waals surface area contributed by atoms with Gasteiger partial charge in [-0.25, -0.2) is 9.97 Å². The number of nitrogens with one attached hydrogen (secondary N) is 1. The second-order valence-electron chi connectivity index (χ2n) is 5.11. The second kappa shape index (κ2) is 4.51. The first-order valence-electron chi connectivity index (χ1n) is 6.33. The van der Waals surface area contributed by atoms with E-state index in [0.717, 1.165) is 23.0 Å². The van der Waals surface area contributed by atoms with Gasteiger partial charge in [-0.1, -0.05) is 0 Å². The predicted octanol–water partition coefficient (Wildman–Crippen LogP) is 2.55. The highest BCUT2D eigenvalue weighted by molar-refractivity contribution is 5.58. The van der Waals surface area contributed by atoms with Crippen LogP contribution in [0.4, 0.5) is 11.6 Å². The maximum atomic E-state index is 4.74. The Morgan fingerprint density at radius 2 is 1.94 bits per heavy atom. The Bertz CT molecular complexity index is 410. The molecule has 0 saturated heterocycles. The zero-order valence-corrected chi connectivity index (χ0v) is 11.4. The maximum absolute atomic E-state index is 4.74. The highest BCUT2D eigenvalue weighted by atomic mass is 15.2. The molecule has 0 bridgehead atoms. The van der Waals surface area contributed by atoms with E-state index in [1.807, 2.05) is 7.05 Å². The summed E-state index contributed by atoms with van der Waals surface area (Å²) < 4.78 is 0. The third-order valence-corrected chi connectivity index (χ3v) is 3.43. The first kappa shape index (κ1) is 12.1. The summed E-state index contributed by atoms with van der Waals surface area (Å²) in [4.78, 5) is 11.6. The first-order valence-corrected chi connectivity index (χ1v) is 6.33. The third-order valence-electron chi connectivity index (χ3n) is 3.43. The number of hydrogen-bond donors (Lipinski definition) is 1. The van der Waals surface area contributed by atoms with Crippen molar-refractivity contribution in [2.24, 2.45) is 0 Å². The second-order valence-corrected chi connectivity index (χ2v) is 5.11. The largest absolute Gasteiger partial charge is 0.373 e. The molecular weight excluding hydrogens is 212 g/mol. The van der Waals surface area contributed by atoms with Gasteiger partial charge in [-0.2, -0.15) is 0 Å². The number of nitrogens with zero attached hydrogens (tertiary/aromatic N) is 3. The molecule has 2 rings (SSSR count). The lowest BCUT2D eigenvalue weighted by Crippen LogP contribution is -2.28. The van der Waals surface area contributed by atoms with Crippen molar-refractivity contribution in [1.82, 2.24) is 9.97 Å². The van der Waals surface area contributed by atoms with E-state index in [1.165, 1.54) is 12.8 Å². The Balaban J connectivity index is 2.44. The van der Waals surface area contributed by atoms with E-state index in [0.29, 0.717) is 12.0 Å². The number of anilines is 2. The van der Waals surface area contributed by atoms with E-state index >= 15 is 0 Å². The van der Waals surface area contributed by atoms with Gasteiger partial charge in [-0.05, 0) is 33.6 Å². The average Bonchev–Trinajstić information content (AvgIpc) is 3.12. The molecule has 1 saturated carbocycles. The van der Waals surface area contributed by atoms with Crippen molar-refractivity contribution in [3.63, 3.8) is 0 Å². The Kier molecular flexibility index (Phi) is 3.22. The fourth-order valence-corrected chi connectivity index (χ4v) is 1.88. The Hall–Kier alpha value is -1.32. The van der Waals surface area contributed by atoms with Gasteiger partial charge in [0.15, 0.2) is 0 Å². The Morgan fingerprint density at radius 1 is 1.29 bits per heavy atom. The minimum absolute atomic E-state index is 0.445. The van der Waals surface area contributed by atoms with Crippen LogP contribution in [0.5, 0.6) is 0 Å². The fourth-order valence-electron chi connectivity index (χ4n) is 1.88. The predicted molar refractivity (Wildman–Crippen MR) is 71.8 cm³/mol. The highest BCUT2D eigenvalue weighted by Gasteiger charge is 2.28. The molecule has 1 aromatic heterocycles. The quantitative estimate of drug-likeness (QED) is 0.869. The van der Waals surface area contributed by atoms with Crippen LogP contribution in [0.25, 0.3) is 0 Å². The zero-order chi connectivity index (χ0) is 12.6. The molecule has 17 heavy (non-hydrogen) atoms. The molecule has 1 aromatic rings. The van der Waals surface area contributed by atoms with Crippen molar-refractivity contribution in [2.45, 2.75) is 45.6 Å². The Labute approximate surface area is 103 Å². The van der Waals surface area contributed by atoms with Gasteiger partial charge in [0.05, 0.1) is 0 Å². The van der Waals surface area contributed by atoms with Gasteiger partial charge in [0.1, 0.15) is 17.5 Å². The summed E-state index contributed by atoms with van der Waals surface area (Å²) in [6.45, 7) is 6.44. The maximum Gasteiger partial charge on any atom is 0.137 e. The van der Waals surface area contributed by atoms with Gasteiger partial charge in [0.2, 0.25) is 0 Å². The molecule has 1 N–H and O–H groups in total. The zero-order valence-electron chi connectivity index (χ0n) is 11.4. The number of aromatic nitrogens is 2. The fraction of sp³-hybridized carbons (Fsp3) is 0.692. The summed E-state index contributed by atoms with van der Waals surface area (Å²) in [6, 6.07) is 0.445. The third kappa shape index (κ3) is 2.35. The van der Waals surface area contributed by atoms with Crippen LogP contribution in [-0.2, 0) is 0 Å². The van der Waals surface area contributed by atoms with Crippen molar-refractivity contribution in [3.05, 3.63) is 11.4 Å². The summed E-state index contributed by atoms with van der Waals surface area (Å²) in [7, 11) is 4.02. The molecule has 1 aliphatic carbocycles. The van der Waals surface area contributed by atoms with Crippen LogP contribution in [0.1, 0.15) is 44.0 Å². The molecule has 0 radical (unpaired) electrons. The van der Waals surface area contributed by atoms with E-state index in [1.54, 1.807) is 0 Å². The molecule has 1 heterocycles. The number of hydrogen-bond acceptors (Lipinski definition) is 4. The van der Waals surface area contributed by atoms with E-state index in [9.17, 15) is 0 Å². The van der Waals surface area contributed by atoms with Crippen molar-refractivity contribution in [3.8, 4) is 0 Å². The smallest absolute Gasteiger partial charge is 0.137 e. The lowest BCUT2D eigenvalue weighted by atomic mass is 10.2. The van der Waals surface area contributed by atoms with Crippen LogP contribution < -0.4 is 10.2 Å². The summed E-state index contributed by atoms with van der Waals surface area (Å²) in [5.41, 5.74) is 1.13. The van der Waals surface area contributed by atoms with Crippen molar-refractivity contribution >= 4 is 11.6 Å². The standard InChI is InChI=1S/C13H22N4/c1-8(2)17(5)13-9(3)11(14-4)15-12(16-13)10-6-7-10/h8,10H,6-7H2,1-5H3,(H,14,15,16). The van der Waals surface area contributed by atoms with Gasteiger partial charge in [0.25, 0.3) is 0 Å². The van der Waals surface area contributed by atoms with Crippen LogP contribution in [-0.4, -0.2) is 30.1 Å². The highest BCUT2D eigenvalue weighted by Crippen LogP contribution is 2.40. The topological polar surface area (TPSA) is 41.1 Å². The minimum atomic E-state index is 0.445. The van der Waals surface area contributed by atoms with Crippen LogP contribution >= 0.6 is 0 Å². The summed E-state index contributed by atoms with van der Waals surface area (Å²) in [5.74, 6) is 3.61. The number of rotatable bonds is 4. The lowest BCUT2D eigenvalue weighted by molar-refractivity contribution is 0.731. The SMILES string of the molecule is CNc1nc(C2CC2)nc(N(C)C(C)C)c1C. The molecule has 0 amide bonds. The lowest BCUT2D eigenvalue weighted by Gasteiger charge is -2.25. The van der Waals surface area contributed by atoms with Crippen LogP contribution in [0.3, 0.4) is 0 Å². The van der Waals surface area contributed by atoms with Crippen LogP contribution in [0.15, 0.2) is 0 Å². The molecule has 94 valence electrons. The van der Waals surface area contributed by atoms with Crippen molar-refractivity contribution in [2.75, 3.05) is 24.3 Å². The van der Waals surface area contributed by atoms with Gasteiger partial charge < -0.3 is 10.2 Å². The molecule has 0 spiro atoms. The summed E-state index contributed by atoms with van der Waals surface area (Å²) >= 11 is 0.